The average molecular weight is 460 g/mol. The third-order valence-electron chi connectivity index (χ3n) is 9.20. The number of piperazine rings is 1. The van der Waals surface area contributed by atoms with Gasteiger partial charge in [-0.05, 0) is 87.3 Å². The molecule has 3 saturated heterocycles. The second-order valence-electron chi connectivity index (χ2n) is 11.5. The van der Waals surface area contributed by atoms with Crippen molar-refractivity contribution < 1.29 is 4.74 Å². The minimum Gasteiger partial charge on any atom is -0.462 e. The molecule has 0 unspecified atom stereocenters. The second kappa shape index (κ2) is 8.49. The quantitative estimate of drug-likeness (QED) is 0.732. The maximum absolute atomic E-state index is 6.26. The predicted molar refractivity (Wildman–Crippen MR) is 134 cm³/mol. The van der Waals surface area contributed by atoms with Crippen LogP contribution in [0.25, 0.3) is 0 Å². The molecule has 5 aliphatic rings. The lowest BCUT2D eigenvalue weighted by atomic mass is 9.63. The van der Waals surface area contributed by atoms with Crippen molar-refractivity contribution in [2.75, 3.05) is 31.1 Å². The third kappa shape index (κ3) is 3.89. The molecular weight excluding hydrogens is 422 g/mol. The van der Waals surface area contributed by atoms with Crippen molar-refractivity contribution in [3.05, 3.63) is 46.6 Å². The van der Waals surface area contributed by atoms with E-state index in [2.05, 4.69) is 39.8 Å². The van der Waals surface area contributed by atoms with Crippen LogP contribution in [0, 0.1) is 5.41 Å². The number of aromatic nitrogens is 2. The minimum atomic E-state index is 0.333. The van der Waals surface area contributed by atoms with E-state index < -0.39 is 0 Å². The van der Waals surface area contributed by atoms with Crippen molar-refractivity contribution >= 4 is 5.82 Å². The second-order valence-corrected chi connectivity index (χ2v) is 11.5. The first-order chi connectivity index (χ1) is 16.7. The molecule has 1 spiro atoms. The van der Waals surface area contributed by atoms with Crippen LogP contribution in [0.1, 0.15) is 60.9 Å². The summed E-state index contributed by atoms with van der Waals surface area (Å²) >= 11 is 0. The van der Waals surface area contributed by atoms with E-state index in [0.717, 1.165) is 32.5 Å². The van der Waals surface area contributed by atoms with Gasteiger partial charge in [-0.1, -0.05) is 24.3 Å². The van der Waals surface area contributed by atoms with Gasteiger partial charge in [0.15, 0.2) is 0 Å². The van der Waals surface area contributed by atoms with Gasteiger partial charge in [-0.3, -0.25) is 0 Å². The van der Waals surface area contributed by atoms with E-state index in [-0.39, 0.29) is 0 Å². The summed E-state index contributed by atoms with van der Waals surface area (Å²) in [5, 5.41) is 7.32. The van der Waals surface area contributed by atoms with Crippen molar-refractivity contribution in [2.45, 2.75) is 82.3 Å². The number of nitrogens with zero attached hydrogens (tertiary/aromatic N) is 3. The fraction of sp³-hybridized carbons (Fsp3) is 0.643. The van der Waals surface area contributed by atoms with Crippen LogP contribution in [0.4, 0.5) is 5.82 Å². The number of hydrogen-bond acceptors (Lipinski definition) is 6. The molecule has 3 fully saturated rings. The number of anilines is 1. The van der Waals surface area contributed by atoms with E-state index in [4.69, 9.17) is 14.7 Å². The van der Waals surface area contributed by atoms with E-state index in [0.29, 0.717) is 36.2 Å². The van der Waals surface area contributed by atoms with Gasteiger partial charge in [0.05, 0.1) is 5.69 Å². The number of rotatable bonds is 4. The summed E-state index contributed by atoms with van der Waals surface area (Å²) in [6.45, 7) is 3.88. The van der Waals surface area contributed by atoms with Crippen molar-refractivity contribution in [1.29, 1.82) is 0 Å². The minimum absolute atomic E-state index is 0.333. The number of fused-ring (bicyclic) bond motifs is 4. The molecule has 4 atom stereocenters. The number of benzene rings is 1. The van der Waals surface area contributed by atoms with E-state index in [1.165, 1.54) is 68.4 Å². The average Bonchev–Trinajstić information content (AvgIpc) is 3.51. The summed E-state index contributed by atoms with van der Waals surface area (Å²) in [7, 11) is 0. The summed E-state index contributed by atoms with van der Waals surface area (Å²) < 4.78 is 6.26. The Morgan fingerprint density at radius 3 is 2.62 bits per heavy atom. The van der Waals surface area contributed by atoms with Crippen molar-refractivity contribution in [3.8, 4) is 6.01 Å². The van der Waals surface area contributed by atoms with Crippen LogP contribution in [0.2, 0.25) is 0 Å². The first-order valence-electron chi connectivity index (χ1n) is 13.6. The highest BCUT2D eigenvalue weighted by Crippen LogP contribution is 2.46. The van der Waals surface area contributed by atoms with Crippen LogP contribution >= 0.6 is 0 Å². The number of ether oxygens (including phenoxy) is 1. The highest BCUT2D eigenvalue weighted by molar-refractivity contribution is 5.53. The summed E-state index contributed by atoms with van der Waals surface area (Å²) in [6, 6.07) is 11.3. The van der Waals surface area contributed by atoms with Crippen molar-refractivity contribution in [2.24, 2.45) is 5.41 Å². The molecule has 2 N–H and O–H groups in total. The zero-order valence-electron chi connectivity index (χ0n) is 20.2. The highest BCUT2D eigenvalue weighted by atomic mass is 16.5. The Hall–Kier alpha value is -2.18. The van der Waals surface area contributed by atoms with Gasteiger partial charge < -0.3 is 20.3 Å². The van der Waals surface area contributed by atoms with E-state index in [1.54, 1.807) is 11.1 Å². The Kier molecular flexibility index (Phi) is 5.28. The van der Waals surface area contributed by atoms with Crippen LogP contribution in [0.3, 0.4) is 0 Å². The fourth-order valence-corrected chi connectivity index (χ4v) is 7.33. The molecule has 7 rings (SSSR count). The van der Waals surface area contributed by atoms with Gasteiger partial charge in [0.1, 0.15) is 12.4 Å². The Labute approximate surface area is 202 Å². The Bertz CT molecular complexity index is 1050. The lowest BCUT2D eigenvalue weighted by Crippen LogP contribution is -2.52. The molecule has 6 nitrogen and oxygen atoms in total. The molecule has 0 radical (unpaired) electrons. The lowest BCUT2D eigenvalue weighted by molar-refractivity contribution is 0.203. The molecule has 1 aromatic carbocycles. The van der Waals surface area contributed by atoms with E-state index in [9.17, 15) is 0 Å². The maximum Gasteiger partial charge on any atom is 0.318 e. The molecule has 3 aliphatic heterocycles. The first kappa shape index (κ1) is 21.1. The first-order valence-corrected chi connectivity index (χ1v) is 13.6. The Morgan fingerprint density at radius 1 is 0.971 bits per heavy atom. The zero-order chi connectivity index (χ0) is 22.5. The SMILES string of the molecule is c1ccc2c(c1)CC[C@]1(CCc3c(nc(OC[C@@H]4CCCN4)nc3N3C[C@H]4CC[C@@H](C3)N4)C1)C2. The van der Waals surface area contributed by atoms with Gasteiger partial charge in [-0.15, -0.1) is 0 Å². The predicted octanol–water partition coefficient (Wildman–Crippen LogP) is 3.21. The standard InChI is InChI=1S/C28H37N5O/c1-2-5-20-14-28(11-9-19(20)4-1)12-10-24-25(15-28)31-27(34-18-23-6-3-13-29-23)32-26(24)33-16-21-7-8-22(17-33)30-21/h1-2,4-5,21-23,29-30H,3,6-18H2/t21-,22+,23-,28-/m0/s1. The largest absolute Gasteiger partial charge is 0.462 e. The fourth-order valence-electron chi connectivity index (χ4n) is 7.33. The van der Waals surface area contributed by atoms with Gasteiger partial charge in [-0.2, -0.15) is 9.97 Å². The van der Waals surface area contributed by atoms with Crippen LogP contribution < -0.4 is 20.3 Å². The number of nitrogens with one attached hydrogen (secondary N) is 2. The van der Waals surface area contributed by atoms with Gasteiger partial charge >= 0.3 is 6.01 Å². The van der Waals surface area contributed by atoms with Crippen LogP contribution in [0.5, 0.6) is 6.01 Å². The van der Waals surface area contributed by atoms with E-state index >= 15 is 0 Å². The molecule has 180 valence electrons. The summed E-state index contributed by atoms with van der Waals surface area (Å²) in [4.78, 5) is 12.7. The van der Waals surface area contributed by atoms with Gasteiger partial charge in [0.25, 0.3) is 0 Å². The molecule has 2 aromatic rings. The smallest absolute Gasteiger partial charge is 0.318 e. The lowest BCUT2D eigenvalue weighted by Gasteiger charge is -2.43. The van der Waals surface area contributed by atoms with Crippen molar-refractivity contribution in [3.63, 3.8) is 0 Å². The summed E-state index contributed by atoms with van der Waals surface area (Å²) in [5.41, 5.74) is 6.09. The molecule has 4 heterocycles. The highest BCUT2D eigenvalue weighted by Gasteiger charge is 2.41. The molecule has 34 heavy (non-hydrogen) atoms. The van der Waals surface area contributed by atoms with E-state index in [1.807, 2.05) is 0 Å². The maximum atomic E-state index is 6.26. The van der Waals surface area contributed by atoms with Gasteiger partial charge in [-0.25, -0.2) is 0 Å². The molecule has 6 heteroatoms. The number of hydrogen-bond donors (Lipinski definition) is 2. The molecule has 0 saturated carbocycles. The molecule has 2 bridgehead atoms. The van der Waals surface area contributed by atoms with Crippen LogP contribution in [-0.2, 0) is 25.7 Å². The van der Waals surface area contributed by atoms with Crippen LogP contribution in [-0.4, -0.2) is 54.3 Å². The third-order valence-corrected chi connectivity index (χ3v) is 9.20. The summed E-state index contributed by atoms with van der Waals surface area (Å²) in [6.07, 6.45) is 12.0. The monoisotopic (exact) mass is 459 g/mol. The summed E-state index contributed by atoms with van der Waals surface area (Å²) in [5.74, 6) is 1.17. The topological polar surface area (TPSA) is 62.3 Å². The normalized spacial score (nSPS) is 32.0. The molecule has 2 aliphatic carbocycles. The molecule has 1 aromatic heterocycles. The van der Waals surface area contributed by atoms with Gasteiger partial charge in [0, 0.05) is 36.8 Å². The van der Waals surface area contributed by atoms with Crippen LogP contribution in [0.15, 0.2) is 24.3 Å². The molecular formula is C28H37N5O. The van der Waals surface area contributed by atoms with Crippen molar-refractivity contribution in [1.82, 2.24) is 20.6 Å². The Morgan fingerprint density at radius 2 is 1.79 bits per heavy atom. The zero-order valence-corrected chi connectivity index (χ0v) is 20.2. The Balaban J connectivity index is 1.20. The molecule has 0 amide bonds. The van der Waals surface area contributed by atoms with Gasteiger partial charge in [0.2, 0.25) is 0 Å². The number of aryl methyl sites for hydroxylation is 1.